The molecule has 0 atom stereocenters. The smallest absolute Gasteiger partial charge is 0.252 e. The van der Waals surface area contributed by atoms with Crippen LogP contribution in [0.15, 0.2) is 379 Å². The molecule has 0 radical (unpaired) electrons. The van der Waals surface area contributed by atoms with Crippen LogP contribution in [0.3, 0.4) is 0 Å². The molecule has 0 bridgehead atoms. The molecule has 17 aromatic carbocycles. The molecule has 0 saturated carbocycles. The third kappa shape index (κ3) is 7.03. The standard InChI is InChI=1S/C105H61BN2O2/c1-3-27-64(28-4-1)103(65-29-5-2-6-30-65)80-42-16-13-37-72(80)79-59-62(53-56-87(79)103)63-60-92-98-93(61-63)108(91-50-26-41-76-71-36-12-22-48-86(71)105(97(76)91)83-45-19-9-33-68(83)69-34-10-20-46-84(69)105)100-89(58-55-78-74-39-15-24-52-95(74)110-102(78)100)106(98)88-57-54-77-73-38-14-23-51-94(73)109-101(77)99(88)107(92)90-49-25-40-75-70-35-11-21-47-85(70)104(96(75)90)81-43-17-7-31-66(81)67-32-8-18-44-82(67)104/h1-61H. The summed E-state index contributed by atoms with van der Waals surface area (Å²) in [5.41, 5.74) is 41.0. The van der Waals surface area contributed by atoms with Crippen molar-refractivity contribution in [1.82, 2.24) is 0 Å². The van der Waals surface area contributed by atoms with Gasteiger partial charge in [0.15, 0.2) is 11.2 Å². The number of nitrogens with zero attached hydrogens (tertiary/aromatic N) is 2. The highest BCUT2D eigenvalue weighted by molar-refractivity contribution is 7.01. The number of rotatable bonds is 5. The highest BCUT2D eigenvalue weighted by Gasteiger charge is 2.58. The lowest BCUT2D eigenvalue weighted by molar-refractivity contribution is 0.669. The molecule has 110 heavy (non-hydrogen) atoms. The number of para-hydroxylation sites is 2. The largest absolute Gasteiger partial charge is 0.454 e. The zero-order valence-corrected chi connectivity index (χ0v) is 59.5. The van der Waals surface area contributed by atoms with Gasteiger partial charge >= 0.3 is 0 Å². The lowest BCUT2D eigenvalue weighted by Crippen LogP contribution is -2.61. The average molecular weight is 1390 g/mol. The predicted molar refractivity (Wildman–Crippen MR) is 450 cm³/mol. The van der Waals surface area contributed by atoms with Gasteiger partial charge in [0.25, 0.3) is 6.71 Å². The van der Waals surface area contributed by atoms with Crippen molar-refractivity contribution in [3.05, 3.63) is 437 Å². The first-order valence-electron chi connectivity index (χ1n) is 38.5. The number of fused-ring (bicyclic) bond motifs is 35. The Hall–Kier alpha value is -14.0. The molecule has 5 aliphatic carbocycles. The van der Waals surface area contributed by atoms with Gasteiger partial charge in [0, 0.05) is 44.0 Å². The number of hydrogen-bond acceptors (Lipinski definition) is 4. The third-order valence-corrected chi connectivity index (χ3v) is 26.3. The highest BCUT2D eigenvalue weighted by Crippen LogP contribution is 2.69. The van der Waals surface area contributed by atoms with Crippen LogP contribution in [-0.2, 0) is 16.2 Å². The maximum absolute atomic E-state index is 7.67. The van der Waals surface area contributed by atoms with Crippen molar-refractivity contribution < 1.29 is 8.83 Å². The van der Waals surface area contributed by atoms with Gasteiger partial charge in [0.1, 0.15) is 11.2 Å². The van der Waals surface area contributed by atoms with E-state index in [0.29, 0.717) is 0 Å². The second kappa shape index (κ2) is 21.2. The van der Waals surface area contributed by atoms with Crippen LogP contribution in [0.25, 0.3) is 111 Å². The second-order valence-corrected chi connectivity index (χ2v) is 30.9. The van der Waals surface area contributed by atoms with Crippen molar-refractivity contribution >= 4 is 101 Å². The van der Waals surface area contributed by atoms with Gasteiger partial charge in [-0.15, -0.1) is 0 Å². The van der Waals surface area contributed by atoms with Crippen molar-refractivity contribution in [1.29, 1.82) is 0 Å². The van der Waals surface area contributed by atoms with Gasteiger partial charge in [0.05, 0.1) is 39.0 Å². The van der Waals surface area contributed by atoms with Crippen LogP contribution in [0.5, 0.6) is 0 Å². The van der Waals surface area contributed by atoms with Gasteiger partial charge in [-0.2, -0.15) is 0 Å². The molecule has 4 nitrogen and oxygen atoms in total. The summed E-state index contributed by atoms with van der Waals surface area (Å²) < 4.78 is 15.3. The SMILES string of the molecule is c1ccc(C2(c3ccccc3)c3ccccc3-c3cc(-c4cc5c6c(c4)N(c4cccc7c4C4(c8ccccc8-c8ccccc84)c4ccccc4-7)c4c(ccc7c4oc4ccccc47)B6c4ccc6c(oc7ccccc76)c4N5c4cccc5c4C4(c6ccccc6-c6ccccc64)c4ccccc4-5)ccc32)cc1. The van der Waals surface area contributed by atoms with E-state index in [4.69, 9.17) is 8.83 Å². The van der Waals surface area contributed by atoms with Crippen LogP contribution < -0.4 is 26.2 Å². The molecule has 26 rings (SSSR count). The van der Waals surface area contributed by atoms with E-state index >= 15 is 0 Å². The summed E-state index contributed by atoms with van der Waals surface area (Å²) in [4.78, 5) is 5.40. The van der Waals surface area contributed by atoms with Crippen molar-refractivity contribution in [2.24, 2.45) is 0 Å². The number of anilines is 6. The molecule has 506 valence electrons. The average Bonchev–Trinajstić information content (AvgIpc) is 1.41. The fourth-order valence-electron chi connectivity index (χ4n) is 22.4. The van der Waals surface area contributed by atoms with Crippen molar-refractivity contribution in [2.45, 2.75) is 16.2 Å². The fraction of sp³-hybridized carbons (Fsp3) is 0.0286. The monoisotopic (exact) mass is 1390 g/mol. The molecular weight excluding hydrogens is 1330 g/mol. The van der Waals surface area contributed by atoms with Gasteiger partial charge in [-0.1, -0.05) is 328 Å². The molecule has 19 aromatic rings. The highest BCUT2D eigenvalue weighted by atomic mass is 16.3. The van der Waals surface area contributed by atoms with Crippen LogP contribution in [0.4, 0.5) is 34.1 Å². The van der Waals surface area contributed by atoms with Crippen LogP contribution in [0, 0.1) is 0 Å². The molecule has 2 aliphatic heterocycles. The Morgan fingerprint density at radius 3 is 0.982 bits per heavy atom. The number of hydrogen-bond donors (Lipinski definition) is 0. The Bertz CT molecular complexity index is 6830. The van der Waals surface area contributed by atoms with E-state index in [0.717, 1.165) is 100 Å². The minimum absolute atomic E-state index is 0.349. The van der Waals surface area contributed by atoms with E-state index in [-0.39, 0.29) is 6.71 Å². The van der Waals surface area contributed by atoms with E-state index in [2.05, 4.69) is 380 Å². The van der Waals surface area contributed by atoms with Gasteiger partial charge in [0.2, 0.25) is 0 Å². The van der Waals surface area contributed by atoms with Crippen LogP contribution >= 0.6 is 0 Å². The predicted octanol–water partition coefficient (Wildman–Crippen LogP) is 24.3. The molecule has 0 amide bonds. The second-order valence-electron chi connectivity index (χ2n) is 30.9. The number of furan rings is 2. The Balaban J connectivity index is 0.845. The first-order valence-corrected chi connectivity index (χ1v) is 38.5. The van der Waals surface area contributed by atoms with Gasteiger partial charge in [-0.25, -0.2) is 0 Å². The fourth-order valence-corrected chi connectivity index (χ4v) is 22.4. The van der Waals surface area contributed by atoms with Crippen LogP contribution in [0.1, 0.15) is 66.8 Å². The van der Waals surface area contributed by atoms with Gasteiger partial charge in [-0.3, -0.25) is 0 Å². The van der Waals surface area contributed by atoms with Crippen molar-refractivity contribution in [3.8, 4) is 66.8 Å². The van der Waals surface area contributed by atoms with Crippen molar-refractivity contribution in [3.63, 3.8) is 0 Å². The van der Waals surface area contributed by atoms with E-state index in [1.807, 2.05) is 0 Å². The first-order chi connectivity index (χ1) is 54.6. The molecule has 7 aliphatic rings. The van der Waals surface area contributed by atoms with E-state index in [1.54, 1.807) is 0 Å². The lowest BCUT2D eigenvalue weighted by atomic mass is 9.33. The van der Waals surface area contributed by atoms with E-state index < -0.39 is 16.2 Å². The summed E-state index contributed by atoms with van der Waals surface area (Å²) in [6.45, 7) is -0.349. The van der Waals surface area contributed by atoms with Crippen LogP contribution in [0.2, 0.25) is 0 Å². The molecule has 5 heteroatoms. The van der Waals surface area contributed by atoms with E-state index in [1.165, 1.54) is 128 Å². The Labute approximate surface area is 635 Å². The summed E-state index contributed by atoms with van der Waals surface area (Å²) in [5.74, 6) is 0. The zero-order chi connectivity index (χ0) is 71.5. The quantitative estimate of drug-likeness (QED) is 0.161. The maximum Gasteiger partial charge on any atom is 0.252 e. The first kappa shape index (κ1) is 59.2. The minimum atomic E-state index is -0.725. The lowest BCUT2D eigenvalue weighted by Gasteiger charge is -2.46. The summed E-state index contributed by atoms with van der Waals surface area (Å²) in [6, 6.07) is 141. The van der Waals surface area contributed by atoms with Crippen LogP contribution in [-0.4, -0.2) is 6.71 Å². The topological polar surface area (TPSA) is 32.8 Å². The van der Waals surface area contributed by atoms with Gasteiger partial charge in [-0.05, 0) is 181 Å². The molecule has 2 spiro atoms. The van der Waals surface area contributed by atoms with Gasteiger partial charge < -0.3 is 18.6 Å². The molecule has 0 unspecified atom stereocenters. The maximum atomic E-state index is 7.67. The molecule has 0 saturated heterocycles. The molecule has 0 fully saturated rings. The summed E-state index contributed by atoms with van der Waals surface area (Å²) in [5, 5.41) is 4.29. The Morgan fingerprint density at radius 1 is 0.227 bits per heavy atom. The summed E-state index contributed by atoms with van der Waals surface area (Å²) >= 11 is 0. The molecule has 0 N–H and O–H groups in total. The summed E-state index contributed by atoms with van der Waals surface area (Å²) in [7, 11) is 0. The molecular formula is C105H61BN2O2. The summed E-state index contributed by atoms with van der Waals surface area (Å²) in [6.07, 6.45) is 0. The number of benzene rings is 17. The minimum Gasteiger partial charge on any atom is -0.454 e. The van der Waals surface area contributed by atoms with Crippen molar-refractivity contribution in [2.75, 3.05) is 9.80 Å². The normalized spacial score (nSPS) is 14.9. The zero-order valence-electron chi connectivity index (χ0n) is 59.5. The van der Waals surface area contributed by atoms with E-state index in [9.17, 15) is 0 Å². The Kier molecular flexibility index (Phi) is 11.4. The Morgan fingerprint density at radius 2 is 0.564 bits per heavy atom. The molecule has 2 aromatic heterocycles. The third-order valence-electron chi connectivity index (χ3n) is 26.3. The molecule has 4 heterocycles.